The van der Waals surface area contributed by atoms with Crippen LogP contribution in [0.5, 0.6) is 11.5 Å². The summed E-state index contributed by atoms with van der Waals surface area (Å²) in [6.07, 6.45) is 1.81. The van der Waals surface area contributed by atoms with Gasteiger partial charge in [-0.3, -0.25) is 9.36 Å². The fraction of sp³-hybridized carbons (Fsp3) is 0.242. The van der Waals surface area contributed by atoms with Gasteiger partial charge in [0.05, 0.1) is 48.7 Å². The highest BCUT2D eigenvalue weighted by molar-refractivity contribution is 14.1. The van der Waals surface area contributed by atoms with E-state index in [-0.39, 0.29) is 18.8 Å². The quantitative estimate of drug-likeness (QED) is 0.136. The second kappa shape index (κ2) is 13.9. The lowest BCUT2D eigenvalue weighted by atomic mass is 9.95. The number of rotatable bonds is 9. The van der Waals surface area contributed by atoms with Crippen LogP contribution in [0.25, 0.3) is 6.08 Å². The van der Waals surface area contributed by atoms with Crippen LogP contribution in [0.2, 0.25) is 10.0 Å². The second-order valence-electron chi connectivity index (χ2n) is 10.0. The number of nitrogens with zero attached hydrogens (tertiary/aromatic N) is 2. The summed E-state index contributed by atoms with van der Waals surface area (Å²) in [5.41, 5.74) is 4.13. The van der Waals surface area contributed by atoms with Gasteiger partial charge in [0.2, 0.25) is 0 Å². The summed E-state index contributed by atoms with van der Waals surface area (Å²) in [6.45, 7) is 8.33. The zero-order valence-electron chi connectivity index (χ0n) is 24.4. The van der Waals surface area contributed by atoms with Gasteiger partial charge in [-0.15, -0.1) is 0 Å². The lowest BCUT2D eigenvalue weighted by molar-refractivity contribution is -0.139. The Morgan fingerprint density at radius 1 is 1.02 bits per heavy atom. The van der Waals surface area contributed by atoms with E-state index in [1.807, 2.05) is 62.4 Å². The third-order valence-corrected chi connectivity index (χ3v) is 9.43. The van der Waals surface area contributed by atoms with Crippen LogP contribution in [0.3, 0.4) is 0 Å². The van der Waals surface area contributed by atoms with E-state index < -0.39 is 12.0 Å². The minimum Gasteiger partial charge on any atom is -0.490 e. The molecule has 1 aliphatic heterocycles. The van der Waals surface area contributed by atoms with Crippen LogP contribution in [0, 0.1) is 10.5 Å². The molecule has 0 bridgehead atoms. The molecule has 7 nitrogen and oxygen atoms in total. The minimum absolute atomic E-state index is 0.217. The Kier molecular flexibility index (Phi) is 10.2. The van der Waals surface area contributed by atoms with Crippen molar-refractivity contribution in [2.24, 2.45) is 4.99 Å². The highest BCUT2D eigenvalue weighted by atomic mass is 127. The maximum absolute atomic E-state index is 14.0. The minimum atomic E-state index is -0.663. The number of aryl methyl sites for hydroxylation is 1. The predicted molar refractivity (Wildman–Crippen MR) is 183 cm³/mol. The van der Waals surface area contributed by atoms with Gasteiger partial charge in [0.25, 0.3) is 5.56 Å². The van der Waals surface area contributed by atoms with Gasteiger partial charge >= 0.3 is 5.97 Å². The Morgan fingerprint density at radius 3 is 2.45 bits per heavy atom. The molecule has 0 unspecified atom stereocenters. The average Bonchev–Trinajstić information content (AvgIpc) is 3.28. The molecule has 0 amide bonds. The molecule has 228 valence electrons. The van der Waals surface area contributed by atoms with Crippen LogP contribution >= 0.6 is 57.1 Å². The number of ether oxygens (including phenoxy) is 3. The van der Waals surface area contributed by atoms with E-state index in [2.05, 4.69) is 27.6 Å². The normalized spacial score (nSPS) is 14.7. The monoisotopic (exact) mass is 762 g/mol. The van der Waals surface area contributed by atoms with Crippen LogP contribution in [0.1, 0.15) is 49.1 Å². The topological polar surface area (TPSA) is 79.1 Å². The number of aromatic nitrogens is 1. The first-order chi connectivity index (χ1) is 21.1. The summed E-state index contributed by atoms with van der Waals surface area (Å²) in [5.74, 6) is 0.656. The van der Waals surface area contributed by atoms with Gasteiger partial charge in [-0.1, -0.05) is 70.4 Å². The van der Waals surface area contributed by atoms with Gasteiger partial charge in [0.1, 0.15) is 6.61 Å². The Bertz CT molecular complexity index is 1950. The summed E-state index contributed by atoms with van der Waals surface area (Å²) in [5, 5.41) is 0.936. The van der Waals surface area contributed by atoms with Gasteiger partial charge in [-0.05, 0) is 97.3 Å². The third kappa shape index (κ3) is 6.75. The summed E-state index contributed by atoms with van der Waals surface area (Å²) in [7, 11) is 0. The zero-order chi connectivity index (χ0) is 31.5. The van der Waals surface area contributed by atoms with Crippen molar-refractivity contribution in [1.29, 1.82) is 0 Å². The van der Waals surface area contributed by atoms with Gasteiger partial charge < -0.3 is 14.2 Å². The summed E-state index contributed by atoms with van der Waals surface area (Å²) in [6, 6.07) is 16.3. The fourth-order valence-electron chi connectivity index (χ4n) is 4.87. The Balaban J connectivity index is 1.57. The van der Waals surface area contributed by atoms with E-state index >= 15 is 0 Å². The zero-order valence-corrected chi connectivity index (χ0v) is 28.9. The number of halogens is 3. The standard InChI is InChI=1S/C33H29Cl2IN2O5S/c1-5-41-26-15-21(14-25(36)30(26)43-17-20-9-12-23(34)24(35)13-20)16-27-31(39)38-29(22-10-7-18(3)8-11-22)28(32(40)42-6-2)19(4)37-33(38)44-27/h7-16,29H,5-6,17H2,1-4H3/b27-16-/t29-/m0/s1. The summed E-state index contributed by atoms with van der Waals surface area (Å²) >= 11 is 15.7. The lowest BCUT2D eigenvalue weighted by Crippen LogP contribution is -2.39. The number of benzene rings is 3. The molecule has 0 saturated carbocycles. The molecule has 1 atom stereocenters. The van der Waals surface area contributed by atoms with Crippen LogP contribution in [0.15, 0.2) is 75.7 Å². The van der Waals surface area contributed by atoms with Crippen LogP contribution < -0.4 is 24.4 Å². The SMILES string of the molecule is CCOC(=O)C1=C(C)N=c2s/c(=C\c3cc(I)c(OCc4ccc(Cl)c(Cl)c4)c(OCC)c3)c(=O)n2[C@H]1c1ccc(C)cc1. The van der Waals surface area contributed by atoms with Crippen LogP contribution in [-0.4, -0.2) is 23.8 Å². The van der Waals surface area contributed by atoms with E-state index in [1.165, 1.54) is 11.3 Å². The first kappa shape index (κ1) is 32.3. The molecular formula is C33H29Cl2IN2O5S. The first-order valence-corrected chi connectivity index (χ1v) is 16.6. The van der Waals surface area contributed by atoms with Crippen molar-refractivity contribution in [3.63, 3.8) is 0 Å². The first-order valence-electron chi connectivity index (χ1n) is 13.9. The lowest BCUT2D eigenvalue weighted by Gasteiger charge is -2.24. The summed E-state index contributed by atoms with van der Waals surface area (Å²) in [4.78, 5) is 32.3. The molecule has 1 aromatic heterocycles. The van der Waals surface area contributed by atoms with Crippen LogP contribution in [-0.2, 0) is 16.1 Å². The van der Waals surface area contributed by atoms with E-state index in [0.29, 0.717) is 48.8 Å². The number of thiazole rings is 1. The van der Waals surface area contributed by atoms with Gasteiger partial charge in [-0.25, -0.2) is 9.79 Å². The maximum Gasteiger partial charge on any atom is 0.338 e. The van der Waals surface area contributed by atoms with E-state index in [9.17, 15) is 9.59 Å². The second-order valence-corrected chi connectivity index (χ2v) is 13.0. The molecule has 11 heteroatoms. The molecule has 0 aliphatic carbocycles. The number of carbonyl (C=O) groups is 1. The molecule has 0 N–H and O–H groups in total. The number of esters is 1. The molecule has 0 fully saturated rings. The predicted octanol–water partition coefficient (Wildman–Crippen LogP) is 7.00. The van der Waals surface area contributed by atoms with Crippen molar-refractivity contribution in [2.75, 3.05) is 13.2 Å². The van der Waals surface area contributed by atoms with Gasteiger partial charge in [0, 0.05) is 0 Å². The highest BCUT2D eigenvalue weighted by Gasteiger charge is 2.33. The number of fused-ring (bicyclic) bond motifs is 1. The number of carbonyl (C=O) groups excluding carboxylic acids is 1. The molecule has 0 spiro atoms. The molecule has 44 heavy (non-hydrogen) atoms. The van der Waals surface area contributed by atoms with Gasteiger partial charge in [-0.2, -0.15) is 0 Å². The Morgan fingerprint density at radius 2 is 1.77 bits per heavy atom. The maximum atomic E-state index is 14.0. The fourth-order valence-corrected chi connectivity index (χ4v) is 7.01. The van der Waals surface area contributed by atoms with E-state index in [4.69, 9.17) is 37.4 Å². The average molecular weight is 763 g/mol. The molecule has 1 aliphatic rings. The molecule has 3 aromatic carbocycles. The van der Waals surface area contributed by atoms with Crippen molar-refractivity contribution < 1.29 is 19.0 Å². The molecular weight excluding hydrogens is 734 g/mol. The number of hydrogen-bond donors (Lipinski definition) is 0. The van der Waals surface area contributed by atoms with Gasteiger partial charge in [0.15, 0.2) is 16.3 Å². The third-order valence-electron chi connectivity index (χ3n) is 6.91. The van der Waals surface area contributed by atoms with Crippen molar-refractivity contribution in [3.05, 3.63) is 121 Å². The molecule has 0 radical (unpaired) electrons. The Hall–Kier alpha value is -3.12. The molecule has 4 aromatic rings. The summed E-state index contributed by atoms with van der Waals surface area (Å²) < 4.78 is 20.4. The van der Waals surface area contributed by atoms with Crippen LogP contribution in [0.4, 0.5) is 0 Å². The highest BCUT2D eigenvalue weighted by Crippen LogP contribution is 2.36. The number of hydrogen-bond acceptors (Lipinski definition) is 7. The van der Waals surface area contributed by atoms with E-state index in [1.54, 1.807) is 30.5 Å². The van der Waals surface area contributed by atoms with Crippen molar-refractivity contribution in [3.8, 4) is 11.5 Å². The van der Waals surface area contributed by atoms with Crippen molar-refractivity contribution in [1.82, 2.24) is 4.57 Å². The van der Waals surface area contributed by atoms with Crippen molar-refractivity contribution >= 4 is 69.2 Å². The molecule has 2 heterocycles. The smallest absolute Gasteiger partial charge is 0.338 e. The van der Waals surface area contributed by atoms with Crippen molar-refractivity contribution in [2.45, 2.75) is 40.3 Å². The molecule has 5 rings (SSSR count). The molecule has 0 saturated heterocycles. The largest absolute Gasteiger partial charge is 0.490 e. The van der Waals surface area contributed by atoms with E-state index in [0.717, 1.165) is 25.8 Å². The Labute approximate surface area is 282 Å². The number of allylic oxidation sites excluding steroid dienone is 1.